The van der Waals surface area contributed by atoms with Crippen molar-refractivity contribution in [3.63, 3.8) is 0 Å². The molecule has 0 radical (unpaired) electrons. The third kappa shape index (κ3) is 10.4. The van der Waals surface area contributed by atoms with Crippen molar-refractivity contribution in [1.82, 2.24) is 16.0 Å². The lowest BCUT2D eigenvalue weighted by Gasteiger charge is -2.27. The first kappa shape index (κ1) is 29.2. The molecular formula is C24H38FN3O6. The molecule has 0 aliphatic heterocycles. The van der Waals surface area contributed by atoms with E-state index in [9.17, 15) is 23.9 Å². The first-order chi connectivity index (χ1) is 15.7. The molecule has 1 rings (SSSR count). The predicted octanol–water partition coefficient (Wildman–Crippen LogP) is 2.65. The normalized spacial score (nSPS) is 14.1. The number of ether oxygens (including phenoxy) is 2. The summed E-state index contributed by atoms with van der Waals surface area (Å²) in [6, 6.07) is 2.21. The number of carbonyl (C=O) groups excluding carboxylic acids is 3. The standard InChI is InChI=1S/C24H38FN3O6/c1-8-18(20(29)22(31)26-13-15-10-16(25)12-17(11-15)33-7)27-21(30)19(9-14(2)3)28-23(32)34-24(4,5)6/h10-12,14,18-20,29H,8-9,13H2,1-7H3,(H,26,31)(H,27,30)(H,28,32)/t18?,19-,20?/m0/s1. The van der Waals surface area contributed by atoms with E-state index >= 15 is 0 Å². The van der Waals surface area contributed by atoms with Gasteiger partial charge >= 0.3 is 6.09 Å². The minimum absolute atomic E-state index is 0.0371. The number of methoxy groups -OCH3 is 1. The number of amides is 3. The number of hydrogen-bond donors (Lipinski definition) is 4. The fraction of sp³-hybridized carbons (Fsp3) is 0.625. The summed E-state index contributed by atoms with van der Waals surface area (Å²) < 4.78 is 23.9. The van der Waals surface area contributed by atoms with Crippen molar-refractivity contribution in [3.8, 4) is 5.75 Å². The molecule has 0 saturated heterocycles. The van der Waals surface area contributed by atoms with Crippen molar-refractivity contribution in [1.29, 1.82) is 0 Å². The van der Waals surface area contributed by atoms with Crippen molar-refractivity contribution in [2.75, 3.05) is 7.11 Å². The van der Waals surface area contributed by atoms with Gasteiger partial charge in [-0.2, -0.15) is 0 Å². The highest BCUT2D eigenvalue weighted by Gasteiger charge is 2.30. The SMILES string of the molecule is CCC(NC(=O)[C@H](CC(C)C)NC(=O)OC(C)(C)C)C(O)C(=O)NCc1cc(F)cc(OC)c1. The molecule has 192 valence electrons. The van der Waals surface area contributed by atoms with Gasteiger partial charge in [0, 0.05) is 12.6 Å². The van der Waals surface area contributed by atoms with Crippen molar-refractivity contribution >= 4 is 17.9 Å². The van der Waals surface area contributed by atoms with Gasteiger partial charge in [-0.1, -0.05) is 20.8 Å². The van der Waals surface area contributed by atoms with Crippen LogP contribution in [-0.2, 0) is 20.9 Å². The van der Waals surface area contributed by atoms with Gasteiger partial charge in [-0.25, -0.2) is 9.18 Å². The molecule has 1 aromatic carbocycles. The van der Waals surface area contributed by atoms with E-state index in [1.807, 2.05) is 13.8 Å². The van der Waals surface area contributed by atoms with Gasteiger partial charge < -0.3 is 30.5 Å². The molecular weight excluding hydrogens is 445 g/mol. The summed E-state index contributed by atoms with van der Waals surface area (Å²) in [5.74, 6) is -1.39. The van der Waals surface area contributed by atoms with Crippen LogP contribution in [0.5, 0.6) is 5.75 Å². The van der Waals surface area contributed by atoms with Gasteiger partial charge in [-0.15, -0.1) is 0 Å². The Labute approximate surface area is 200 Å². The maximum atomic E-state index is 13.6. The summed E-state index contributed by atoms with van der Waals surface area (Å²) in [4.78, 5) is 37.6. The summed E-state index contributed by atoms with van der Waals surface area (Å²) in [5.41, 5.74) is -0.275. The zero-order valence-electron chi connectivity index (χ0n) is 21.0. The van der Waals surface area contributed by atoms with Crippen LogP contribution in [0.25, 0.3) is 0 Å². The fourth-order valence-electron chi connectivity index (χ4n) is 3.16. The molecule has 0 heterocycles. The minimum Gasteiger partial charge on any atom is -0.497 e. The molecule has 2 unspecified atom stereocenters. The van der Waals surface area contributed by atoms with Gasteiger partial charge in [0.2, 0.25) is 5.91 Å². The minimum atomic E-state index is -1.55. The summed E-state index contributed by atoms with van der Waals surface area (Å²) in [5, 5.41) is 18.3. The van der Waals surface area contributed by atoms with E-state index in [1.54, 1.807) is 33.8 Å². The van der Waals surface area contributed by atoms with E-state index in [-0.39, 0.29) is 18.9 Å². The Morgan fingerprint density at radius 3 is 2.26 bits per heavy atom. The van der Waals surface area contributed by atoms with Crippen LogP contribution in [0.3, 0.4) is 0 Å². The van der Waals surface area contributed by atoms with Gasteiger partial charge in [0.25, 0.3) is 5.91 Å². The predicted molar refractivity (Wildman–Crippen MR) is 126 cm³/mol. The largest absolute Gasteiger partial charge is 0.497 e. The lowest BCUT2D eigenvalue weighted by molar-refractivity contribution is -0.133. The Hall–Kier alpha value is -2.88. The van der Waals surface area contributed by atoms with Crippen LogP contribution in [0, 0.1) is 11.7 Å². The number of benzene rings is 1. The highest BCUT2D eigenvalue weighted by Crippen LogP contribution is 2.16. The van der Waals surface area contributed by atoms with E-state index in [2.05, 4.69) is 16.0 Å². The molecule has 34 heavy (non-hydrogen) atoms. The molecule has 0 saturated carbocycles. The van der Waals surface area contributed by atoms with Crippen LogP contribution >= 0.6 is 0 Å². The summed E-state index contributed by atoms with van der Waals surface area (Å²) in [6.07, 6.45) is -1.68. The Bertz CT molecular complexity index is 840. The molecule has 0 aliphatic rings. The molecule has 3 amide bonds. The van der Waals surface area contributed by atoms with Crippen LogP contribution in [0.1, 0.15) is 59.9 Å². The molecule has 3 atom stereocenters. The van der Waals surface area contributed by atoms with Crippen molar-refractivity contribution in [2.24, 2.45) is 5.92 Å². The van der Waals surface area contributed by atoms with Crippen LogP contribution in [0.4, 0.5) is 9.18 Å². The molecule has 0 aromatic heterocycles. The van der Waals surface area contributed by atoms with Crippen LogP contribution < -0.4 is 20.7 Å². The molecule has 0 spiro atoms. The highest BCUT2D eigenvalue weighted by atomic mass is 19.1. The smallest absolute Gasteiger partial charge is 0.408 e. The molecule has 1 aromatic rings. The van der Waals surface area contributed by atoms with Gasteiger partial charge in [-0.3, -0.25) is 9.59 Å². The second-order valence-corrected chi connectivity index (χ2v) is 9.51. The third-order valence-corrected chi connectivity index (χ3v) is 4.77. The number of carbonyl (C=O) groups is 3. The zero-order valence-corrected chi connectivity index (χ0v) is 21.0. The second kappa shape index (κ2) is 13.1. The van der Waals surface area contributed by atoms with Crippen LogP contribution in [0.15, 0.2) is 18.2 Å². The van der Waals surface area contributed by atoms with E-state index in [1.165, 1.54) is 19.2 Å². The van der Waals surface area contributed by atoms with Crippen LogP contribution in [-0.4, -0.2) is 53.9 Å². The van der Waals surface area contributed by atoms with Gasteiger partial charge in [0.05, 0.1) is 13.2 Å². The third-order valence-electron chi connectivity index (χ3n) is 4.77. The quantitative estimate of drug-likeness (QED) is 0.383. The molecule has 10 heteroatoms. The Balaban J connectivity index is 2.80. The lowest BCUT2D eigenvalue weighted by atomic mass is 10.0. The zero-order chi connectivity index (χ0) is 26.1. The Morgan fingerprint density at radius 1 is 1.09 bits per heavy atom. The number of hydrogen-bond acceptors (Lipinski definition) is 6. The number of nitrogens with one attached hydrogen (secondary N) is 3. The molecule has 4 N–H and O–H groups in total. The first-order valence-electron chi connectivity index (χ1n) is 11.3. The van der Waals surface area contributed by atoms with E-state index in [0.29, 0.717) is 17.7 Å². The molecule has 0 aliphatic carbocycles. The average Bonchev–Trinajstić information content (AvgIpc) is 2.72. The van der Waals surface area contributed by atoms with Crippen LogP contribution in [0.2, 0.25) is 0 Å². The van der Waals surface area contributed by atoms with Gasteiger partial charge in [0.15, 0.2) is 6.10 Å². The average molecular weight is 484 g/mol. The molecule has 0 fully saturated rings. The monoisotopic (exact) mass is 483 g/mol. The summed E-state index contributed by atoms with van der Waals surface area (Å²) in [7, 11) is 1.40. The number of rotatable bonds is 11. The van der Waals surface area contributed by atoms with Crippen molar-refractivity contribution < 1.29 is 33.4 Å². The molecule has 9 nitrogen and oxygen atoms in total. The van der Waals surface area contributed by atoms with Gasteiger partial charge in [0.1, 0.15) is 23.2 Å². The first-order valence-corrected chi connectivity index (χ1v) is 11.3. The number of alkyl carbamates (subject to hydrolysis) is 1. The maximum Gasteiger partial charge on any atom is 0.408 e. The Morgan fingerprint density at radius 2 is 1.74 bits per heavy atom. The second-order valence-electron chi connectivity index (χ2n) is 9.51. The lowest BCUT2D eigenvalue weighted by Crippen LogP contribution is -2.55. The molecule has 0 bridgehead atoms. The number of halogens is 1. The Kier molecular flexibility index (Phi) is 11.3. The fourth-order valence-corrected chi connectivity index (χ4v) is 3.16. The van der Waals surface area contributed by atoms with Crippen molar-refractivity contribution in [2.45, 2.75) is 84.7 Å². The van der Waals surface area contributed by atoms with E-state index in [0.717, 1.165) is 0 Å². The summed E-state index contributed by atoms with van der Waals surface area (Å²) >= 11 is 0. The number of aliphatic hydroxyl groups is 1. The number of aliphatic hydroxyl groups excluding tert-OH is 1. The highest BCUT2D eigenvalue weighted by molar-refractivity contribution is 5.87. The van der Waals surface area contributed by atoms with E-state index in [4.69, 9.17) is 9.47 Å². The maximum absolute atomic E-state index is 13.6. The summed E-state index contributed by atoms with van der Waals surface area (Å²) in [6.45, 7) is 10.6. The topological polar surface area (TPSA) is 126 Å². The van der Waals surface area contributed by atoms with Crippen molar-refractivity contribution in [3.05, 3.63) is 29.6 Å². The van der Waals surface area contributed by atoms with E-state index < -0.39 is 47.5 Å². The van der Waals surface area contributed by atoms with Gasteiger partial charge in [-0.05, 0) is 57.2 Å².